The Balaban J connectivity index is 2.53. The molecule has 2 rings (SSSR count). The van der Waals surface area contributed by atoms with Crippen LogP contribution in [0.3, 0.4) is 0 Å². The third-order valence-electron chi connectivity index (χ3n) is 2.17. The molecule has 1 N–H and O–H groups in total. The summed E-state index contributed by atoms with van der Waals surface area (Å²) in [5.41, 5.74) is -0.883. The Morgan fingerprint density at radius 3 is 2.65 bits per heavy atom. The molecule has 0 aliphatic rings. The van der Waals surface area contributed by atoms with Crippen LogP contribution < -0.4 is 10.3 Å². The zero-order valence-corrected chi connectivity index (χ0v) is 12.5. The van der Waals surface area contributed by atoms with Gasteiger partial charge in [0, 0.05) is 12.1 Å². The summed E-state index contributed by atoms with van der Waals surface area (Å²) in [7, 11) is 0. The number of nitrogens with zero attached hydrogens (tertiary/aromatic N) is 2. The summed E-state index contributed by atoms with van der Waals surface area (Å²) in [5, 5.41) is 11.0. The van der Waals surface area contributed by atoms with Crippen LogP contribution in [0.25, 0.3) is 0 Å². The summed E-state index contributed by atoms with van der Waals surface area (Å²) in [6.07, 6.45) is 1.10. The van der Waals surface area contributed by atoms with E-state index in [2.05, 4.69) is 25.9 Å². The first kappa shape index (κ1) is 14.8. The van der Waals surface area contributed by atoms with Gasteiger partial charge in [-0.25, -0.2) is 4.98 Å². The van der Waals surface area contributed by atoms with E-state index in [1.54, 1.807) is 0 Å². The Morgan fingerprint density at radius 2 is 2.00 bits per heavy atom. The molecular weight excluding hydrogens is 377 g/mol. The van der Waals surface area contributed by atoms with Crippen LogP contribution >= 0.6 is 39.1 Å². The first-order valence-electron chi connectivity index (χ1n) is 4.94. The Labute approximate surface area is 129 Å². The van der Waals surface area contributed by atoms with E-state index in [1.807, 2.05) is 0 Å². The van der Waals surface area contributed by atoms with Gasteiger partial charge in [0.2, 0.25) is 11.6 Å². The molecule has 0 spiro atoms. The smallest absolute Gasteiger partial charge is 0.313 e. The molecule has 7 nitrogen and oxygen atoms in total. The number of benzene rings is 1. The molecule has 0 aliphatic heterocycles. The molecule has 0 bridgehead atoms. The van der Waals surface area contributed by atoms with Gasteiger partial charge in [0.25, 0.3) is 5.56 Å². The largest absolute Gasteiger partial charge is 0.430 e. The van der Waals surface area contributed by atoms with Gasteiger partial charge in [-0.1, -0.05) is 23.2 Å². The SMILES string of the molecule is O=c1[nH]cnc(Oc2cc(Cl)c(Cl)cc2[N+](=O)[O-])c1Br. The maximum Gasteiger partial charge on any atom is 0.313 e. The van der Waals surface area contributed by atoms with E-state index in [9.17, 15) is 14.9 Å². The second kappa shape index (κ2) is 5.78. The van der Waals surface area contributed by atoms with Crippen LogP contribution in [0.5, 0.6) is 11.6 Å². The number of ether oxygens (including phenoxy) is 1. The van der Waals surface area contributed by atoms with Crippen LogP contribution in [0, 0.1) is 10.1 Å². The van der Waals surface area contributed by atoms with Crippen molar-refractivity contribution in [2.45, 2.75) is 0 Å². The van der Waals surface area contributed by atoms with E-state index < -0.39 is 16.2 Å². The van der Waals surface area contributed by atoms with E-state index in [1.165, 1.54) is 6.07 Å². The second-order valence-corrected chi connectivity index (χ2v) is 5.05. The van der Waals surface area contributed by atoms with Gasteiger partial charge in [-0.3, -0.25) is 14.9 Å². The molecule has 2 aromatic rings. The first-order valence-corrected chi connectivity index (χ1v) is 6.49. The molecular formula is C10H4BrCl2N3O4. The molecule has 10 heteroatoms. The third-order valence-corrected chi connectivity index (χ3v) is 3.59. The monoisotopic (exact) mass is 379 g/mol. The molecule has 1 aromatic heterocycles. The number of H-pyrrole nitrogens is 1. The predicted octanol–water partition coefficient (Wildman–Crippen LogP) is 3.54. The predicted molar refractivity (Wildman–Crippen MR) is 75.7 cm³/mol. The zero-order chi connectivity index (χ0) is 14.9. The first-order chi connectivity index (χ1) is 9.40. The number of nitrogens with one attached hydrogen (secondary N) is 1. The van der Waals surface area contributed by atoms with Crippen molar-refractivity contribution in [3.8, 4) is 11.6 Å². The topological polar surface area (TPSA) is 98.1 Å². The molecule has 0 fully saturated rings. The number of hydrogen-bond acceptors (Lipinski definition) is 5. The summed E-state index contributed by atoms with van der Waals surface area (Å²) in [4.78, 5) is 27.7. The van der Waals surface area contributed by atoms with Gasteiger partial charge in [0.1, 0.15) is 4.47 Å². The summed E-state index contributed by atoms with van der Waals surface area (Å²) in [6.45, 7) is 0. The molecule has 0 radical (unpaired) electrons. The van der Waals surface area contributed by atoms with Crippen molar-refractivity contribution >= 4 is 44.8 Å². The summed E-state index contributed by atoms with van der Waals surface area (Å²) >= 11 is 14.5. The lowest BCUT2D eigenvalue weighted by molar-refractivity contribution is -0.385. The zero-order valence-electron chi connectivity index (χ0n) is 9.39. The maximum absolute atomic E-state index is 11.4. The van der Waals surface area contributed by atoms with Gasteiger partial charge in [0.05, 0.1) is 21.3 Å². The van der Waals surface area contributed by atoms with Gasteiger partial charge >= 0.3 is 5.69 Å². The maximum atomic E-state index is 11.4. The lowest BCUT2D eigenvalue weighted by atomic mass is 10.3. The Hall–Kier alpha value is -1.64. The third kappa shape index (κ3) is 2.92. The minimum absolute atomic E-state index is 0.000343. The average Bonchev–Trinajstić information content (AvgIpc) is 2.38. The Bertz CT molecular complexity index is 750. The summed E-state index contributed by atoms with van der Waals surface area (Å²) < 4.78 is 5.26. The minimum atomic E-state index is -0.682. The van der Waals surface area contributed by atoms with E-state index >= 15 is 0 Å². The van der Waals surface area contributed by atoms with Gasteiger partial charge < -0.3 is 9.72 Å². The molecule has 1 heterocycles. The molecule has 0 aliphatic carbocycles. The van der Waals surface area contributed by atoms with Crippen molar-refractivity contribution in [3.63, 3.8) is 0 Å². The fourth-order valence-electron chi connectivity index (χ4n) is 1.28. The number of hydrogen-bond donors (Lipinski definition) is 1. The van der Waals surface area contributed by atoms with Crippen molar-refractivity contribution in [2.24, 2.45) is 0 Å². The fourth-order valence-corrected chi connectivity index (χ4v) is 1.89. The van der Waals surface area contributed by atoms with Crippen LogP contribution in [0.2, 0.25) is 10.0 Å². The Kier molecular flexibility index (Phi) is 4.26. The number of halogens is 3. The van der Waals surface area contributed by atoms with Crippen LogP contribution in [-0.2, 0) is 0 Å². The van der Waals surface area contributed by atoms with Gasteiger partial charge in [-0.2, -0.15) is 0 Å². The van der Waals surface area contributed by atoms with Crippen molar-refractivity contribution < 1.29 is 9.66 Å². The average molecular weight is 381 g/mol. The minimum Gasteiger partial charge on any atom is -0.430 e. The quantitative estimate of drug-likeness (QED) is 0.648. The highest BCUT2D eigenvalue weighted by Gasteiger charge is 2.21. The van der Waals surface area contributed by atoms with Crippen molar-refractivity contribution in [1.82, 2.24) is 9.97 Å². The highest BCUT2D eigenvalue weighted by Crippen LogP contribution is 2.38. The highest BCUT2D eigenvalue weighted by molar-refractivity contribution is 9.10. The molecule has 0 amide bonds. The molecule has 104 valence electrons. The summed E-state index contributed by atoms with van der Waals surface area (Å²) in [6, 6.07) is 2.23. The second-order valence-electron chi connectivity index (χ2n) is 3.44. The number of nitro groups is 1. The lowest BCUT2D eigenvalue weighted by Gasteiger charge is -2.07. The standard InChI is InChI=1S/C10H4BrCl2N3O4/c11-8-9(17)14-3-15-10(8)20-7-2-5(13)4(12)1-6(7)16(18)19/h1-3H,(H,14,15,17). The normalized spacial score (nSPS) is 10.3. The van der Waals surface area contributed by atoms with Gasteiger partial charge in [0.15, 0.2) is 0 Å². The van der Waals surface area contributed by atoms with E-state index in [4.69, 9.17) is 27.9 Å². The number of aromatic nitrogens is 2. The number of rotatable bonds is 3. The van der Waals surface area contributed by atoms with Gasteiger partial charge in [-0.05, 0) is 15.9 Å². The van der Waals surface area contributed by atoms with Crippen LogP contribution in [0.15, 0.2) is 27.7 Å². The summed E-state index contributed by atoms with van der Waals surface area (Å²) in [5.74, 6) is -0.307. The molecule has 20 heavy (non-hydrogen) atoms. The number of nitro benzene ring substituents is 1. The lowest BCUT2D eigenvalue weighted by Crippen LogP contribution is -2.08. The number of aromatic amines is 1. The van der Waals surface area contributed by atoms with Gasteiger partial charge in [-0.15, -0.1) is 0 Å². The molecule has 0 unspecified atom stereocenters. The van der Waals surface area contributed by atoms with Crippen LogP contribution in [0.1, 0.15) is 0 Å². The van der Waals surface area contributed by atoms with E-state index in [0.717, 1.165) is 12.4 Å². The van der Waals surface area contributed by atoms with E-state index in [-0.39, 0.29) is 26.1 Å². The van der Waals surface area contributed by atoms with Crippen molar-refractivity contribution in [2.75, 3.05) is 0 Å². The molecule has 0 saturated heterocycles. The van der Waals surface area contributed by atoms with Crippen molar-refractivity contribution in [3.05, 3.63) is 53.4 Å². The fraction of sp³-hybridized carbons (Fsp3) is 0. The van der Waals surface area contributed by atoms with Crippen LogP contribution in [-0.4, -0.2) is 14.9 Å². The van der Waals surface area contributed by atoms with Crippen molar-refractivity contribution in [1.29, 1.82) is 0 Å². The molecule has 0 atom stereocenters. The highest BCUT2D eigenvalue weighted by atomic mass is 79.9. The molecule has 1 aromatic carbocycles. The van der Waals surface area contributed by atoms with E-state index in [0.29, 0.717) is 0 Å². The van der Waals surface area contributed by atoms with Crippen LogP contribution in [0.4, 0.5) is 5.69 Å². The molecule has 0 saturated carbocycles. The Morgan fingerprint density at radius 1 is 1.35 bits per heavy atom.